The first-order valence-electron chi connectivity index (χ1n) is 7.85. The van der Waals surface area contributed by atoms with Crippen molar-refractivity contribution in [2.24, 2.45) is 17.8 Å². The average Bonchev–Trinajstić information content (AvgIpc) is 2.45. The largest absolute Gasteiger partial charge is 0.392 e. The van der Waals surface area contributed by atoms with Gasteiger partial charge in [-0.15, -0.1) is 0 Å². The van der Waals surface area contributed by atoms with E-state index in [1.54, 1.807) is 0 Å². The number of ether oxygens (including phenoxy) is 1. The molecule has 0 aromatic heterocycles. The fourth-order valence-electron chi connectivity index (χ4n) is 3.48. The summed E-state index contributed by atoms with van der Waals surface area (Å²) in [6.45, 7) is 11.3. The summed E-state index contributed by atoms with van der Waals surface area (Å²) in [5.41, 5.74) is 3.41. The second-order valence-electron chi connectivity index (χ2n) is 6.44. The van der Waals surface area contributed by atoms with Crippen LogP contribution in [0.5, 0.6) is 0 Å². The molecule has 0 aliphatic carbocycles. The van der Waals surface area contributed by atoms with Gasteiger partial charge in [-0.05, 0) is 42.2 Å². The van der Waals surface area contributed by atoms with Crippen LogP contribution in [0.4, 0.5) is 0 Å². The zero-order valence-corrected chi connectivity index (χ0v) is 13.4. The van der Waals surface area contributed by atoms with Gasteiger partial charge in [-0.1, -0.05) is 51.5 Å². The molecule has 1 fully saturated rings. The van der Waals surface area contributed by atoms with E-state index in [1.807, 2.05) is 6.07 Å². The lowest BCUT2D eigenvalue weighted by atomic mass is 9.73. The Kier molecular flexibility index (Phi) is 4.87. The van der Waals surface area contributed by atoms with E-state index < -0.39 is 0 Å². The summed E-state index contributed by atoms with van der Waals surface area (Å²) in [5, 5.41) is 9.61. The van der Waals surface area contributed by atoms with E-state index in [2.05, 4.69) is 46.8 Å². The van der Waals surface area contributed by atoms with Gasteiger partial charge in [0.05, 0.1) is 18.8 Å². The summed E-state index contributed by atoms with van der Waals surface area (Å²) in [6, 6.07) is 6.28. The molecule has 1 aliphatic rings. The summed E-state index contributed by atoms with van der Waals surface area (Å²) in [7, 11) is 0. The van der Waals surface area contributed by atoms with E-state index in [1.165, 1.54) is 11.1 Å². The molecule has 2 heteroatoms. The van der Waals surface area contributed by atoms with Crippen molar-refractivity contribution in [3.05, 3.63) is 34.9 Å². The Morgan fingerprint density at radius 1 is 1.10 bits per heavy atom. The zero-order valence-electron chi connectivity index (χ0n) is 13.4. The van der Waals surface area contributed by atoms with Crippen LogP contribution < -0.4 is 0 Å². The molecule has 1 N–H and O–H groups in total. The fourth-order valence-corrected chi connectivity index (χ4v) is 3.48. The van der Waals surface area contributed by atoms with Crippen molar-refractivity contribution < 1.29 is 9.84 Å². The molecule has 0 bridgehead atoms. The highest BCUT2D eigenvalue weighted by molar-refractivity contribution is 5.33. The smallest absolute Gasteiger partial charge is 0.0860 e. The summed E-state index contributed by atoms with van der Waals surface area (Å²) in [5.74, 6) is 1.69. The molecule has 0 saturated carbocycles. The van der Waals surface area contributed by atoms with Crippen molar-refractivity contribution in [1.82, 2.24) is 0 Å². The maximum absolute atomic E-state index is 9.61. The van der Waals surface area contributed by atoms with Crippen LogP contribution >= 0.6 is 0 Å². The van der Waals surface area contributed by atoms with Gasteiger partial charge < -0.3 is 9.84 Å². The maximum Gasteiger partial charge on any atom is 0.0860 e. The zero-order chi connectivity index (χ0) is 14.9. The van der Waals surface area contributed by atoms with Gasteiger partial charge in [0, 0.05) is 0 Å². The van der Waals surface area contributed by atoms with Crippen LogP contribution in [-0.4, -0.2) is 11.2 Å². The normalized spacial score (nSPS) is 34.2. The van der Waals surface area contributed by atoms with Crippen LogP contribution in [0.1, 0.15) is 56.9 Å². The molecule has 5 atom stereocenters. The topological polar surface area (TPSA) is 29.5 Å². The molecule has 2 unspecified atom stereocenters. The monoisotopic (exact) mass is 276 g/mol. The number of hydrogen-bond acceptors (Lipinski definition) is 2. The standard InChI is InChI=1S/C18H28O2/c1-6-17-13(4)12(3)14(5)18(20-17)16-9-11(2)7-8-15(16)10-19/h7-9,12-14,17-19H,6,10H2,1-5H3/t12-,13+,14?,17?,18+/m0/s1. The van der Waals surface area contributed by atoms with Gasteiger partial charge >= 0.3 is 0 Å². The van der Waals surface area contributed by atoms with E-state index in [4.69, 9.17) is 4.74 Å². The van der Waals surface area contributed by atoms with Crippen molar-refractivity contribution in [2.75, 3.05) is 0 Å². The first kappa shape index (κ1) is 15.5. The first-order chi connectivity index (χ1) is 9.49. The molecule has 0 radical (unpaired) electrons. The van der Waals surface area contributed by atoms with Gasteiger partial charge in [0.15, 0.2) is 0 Å². The SMILES string of the molecule is CCC1O[C@@H](c2cc(C)ccc2CO)C(C)[C@@H](C)[C@H]1C. The molecule has 1 aliphatic heterocycles. The lowest BCUT2D eigenvalue weighted by molar-refractivity contribution is -0.137. The molecular weight excluding hydrogens is 248 g/mol. The number of aryl methyl sites for hydroxylation is 1. The van der Waals surface area contributed by atoms with Gasteiger partial charge in [0.1, 0.15) is 0 Å². The fraction of sp³-hybridized carbons (Fsp3) is 0.667. The molecule has 0 spiro atoms. The number of rotatable bonds is 3. The summed E-state index contributed by atoms with van der Waals surface area (Å²) in [4.78, 5) is 0. The third-order valence-electron chi connectivity index (χ3n) is 5.22. The predicted molar refractivity (Wildman–Crippen MR) is 82.5 cm³/mol. The maximum atomic E-state index is 9.61. The second kappa shape index (κ2) is 6.28. The highest BCUT2D eigenvalue weighted by Crippen LogP contribution is 2.44. The van der Waals surface area contributed by atoms with E-state index in [9.17, 15) is 5.11 Å². The predicted octanol–water partition coefficient (Wildman–Crippen LogP) is 4.25. The van der Waals surface area contributed by atoms with E-state index in [-0.39, 0.29) is 12.7 Å². The molecular formula is C18H28O2. The molecule has 1 aromatic rings. The lowest BCUT2D eigenvalue weighted by Gasteiger charge is -2.44. The molecule has 1 heterocycles. The van der Waals surface area contributed by atoms with Crippen molar-refractivity contribution in [3.63, 3.8) is 0 Å². The average molecular weight is 276 g/mol. The van der Waals surface area contributed by atoms with E-state index in [0.717, 1.165) is 12.0 Å². The van der Waals surface area contributed by atoms with Gasteiger partial charge in [-0.25, -0.2) is 0 Å². The van der Waals surface area contributed by atoms with Crippen LogP contribution in [0.15, 0.2) is 18.2 Å². The molecule has 1 aromatic carbocycles. The van der Waals surface area contributed by atoms with Gasteiger partial charge in [0.25, 0.3) is 0 Å². The third-order valence-corrected chi connectivity index (χ3v) is 5.22. The van der Waals surface area contributed by atoms with Crippen molar-refractivity contribution in [1.29, 1.82) is 0 Å². The molecule has 1 saturated heterocycles. The number of hydrogen-bond donors (Lipinski definition) is 1. The van der Waals surface area contributed by atoms with Crippen LogP contribution in [0.3, 0.4) is 0 Å². The number of aliphatic hydroxyl groups is 1. The number of aliphatic hydroxyl groups excluding tert-OH is 1. The van der Waals surface area contributed by atoms with Crippen LogP contribution in [0.25, 0.3) is 0 Å². The molecule has 112 valence electrons. The van der Waals surface area contributed by atoms with Crippen LogP contribution in [0.2, 0.25) is 0 Å². The Morgan fingerprint density at radius 2 is 1.80 bits per heavy atom. The third kappa shape index (κ3) is 2.77. The van der Waals surface area contributed by atoms with E-state index >= 15 is 0 Å². The lowest BCUT2D eigenvalue weighted by Crippen LogP contribution is -2.40. The van der Waals surface area contributed by atoms with Crippen molar-refractivity contribution in [2.45, 2.75) is 59.9 Å². The van der Waals surface area contributed by atoms with Gasteiger partial charge in [-0.2, -0.15) is 0 Å². The Labute approximate surface area is 123 Å². The minimum Gasteiger partial charge on any atom is -0.392 e. The molecule has 2 rings (SSSR count). The summed E-state index contributed by atoms with van der Waals surface area (Å²) < 4.78 is 6.40. The van der Waals surface area contributed by atoms with Crippen molar-refractivity contribution >= 4 is 0 Å². The van der Waals surface area contributed by atoms with E-state index in [0.29, 0.717) is 23.9 Å². The Bertz CT molecular complexity index is 453. The highest BCUT2D eigenvalue weighted by Gasteiger charge is 2.39. The first-order valence-corrected chi connectivity index (χ1v) is 7.85. The van der Waals surface area contributed by atoms with Gasteiger partial charge in [-0.3, -0.25) is 0 Å². The second-order valence-corrected chi connectivity index (χ2v) is 6.44. The summed E-state index contributed by atoms with van der Waals surface area (Å²) >= 11 is 0. The Balaban J connectivity index is 2.38. The molecule has 0 amide bonds. The highest BCUT2D eigenvalue weighted by atomic mass is 16.5. The van der Waals surface area contributed by atoms with Crippen molar-refractivity contribution in [3.8, 4) is 0 Å². The van der Waals surface area contributed by atoms with Gasteiger partial charge in [0.2, 0.25) is 0 Å². The Hall–Kier alpha value is -0.860. The minimum absolute atomic E-state index is 0.0862. The van der Waals surface area contributed by atoms with Crippen LogP contribution in [-0.2, 0) is 11.3 Å². The number of benzene rings is 1. The quantitative estimate of drug-likeness (QED) is 0.894. The van der Waals surface area contributed by atoms with Crippen LogP contribution in [0, 0.1) is 24.7 Å². The summed E-state index contributed by atoms with van der Waals surface area (Å²) in [6.07, 6.45) is 1.47. The molecule has 20 heavy (non-hydrogen) atoms. The Morgan fingerprint density at radius 3 is 2.40 bits per heavy atom. The molecule has 2 nitrogen and oxygen atoms in total. The minimum atomic E-state index is 0.0862.